The highest BCUT2D eigenvalue weighted by atomic mass is 35.7. The molecule has 0 spiro atoms. The first-order valence-corrected chi connectivity index (χ1v) is 13.8. The first-order chi connectivity index (χ1) is 15.8. The van der Waals surface area contributed by atoms with Crippen LogP contribution in [0.1, 0.15) is 70.3 Å². The summed E-state index contributed by atoms with van der Waals surface area (Å²) in [5.74, 6) is 1.30. The number of aryl methyl sites for hydroxylation is 2. The van der Waals surface area contributed by atoms with Crippen molar-refractivity contribution in [3.63, 3.8) is 0 Å². The Morgan fingerprint density at radius 1 is 1.09 bits per heavy atom. The highest BCUT2D eigenvalue weighted by molar-refractivity contribution is 8.13. The highest BCUT2D eigenvalue weighted by Gasteiger charge is 2.19. The molecule has 33 heavy (non-hydrogen) atoms. The van der Waals surface area contributed by atoms with Crippen molar-refractivity contribution >= 4 is 25.2 Å². The molecule has 10 heteroatoms. The van der Waals surface area contributed by atoms with E-state index in [1.165, 1.54) is 50.3 Å². The maximum atomic E-state index is 12.9. The van der Waals surface area contributed by atoms with Crippen molar-refractivity contribution in [3.05, 3.63) is 40.1 Å². The number of rotatable bonds is 12. The minimum atomic E-state index is -3.97. The summed E-state index contributed by atoms with van der Waals surface area (Å²) in [5, 5.41) is 4.61. The van der Waals surface area contributed by atoms with E-state index in [0.29, 0.717) is 41.4 Å². The lowest BCUT2D eigenvalue weighted by Gasteiger charge is -2.11. The Kier molecular flexibility index (Phi) is 8.53. The lowest BCUT2D eigenvalue weighted by Crippen LogP contribution is -2.16. The van der Waals surface area contributed by atoms with Crippen molar-refractivity contribution in [2.24, 2.45) is 0 Å². The zero-order valence-electron chi connectivity index (χ0n) is 19.4. The van der Waals surface area contributed by atoms with Gasteiger partial charge in [-0.1, -0.05) is 45.4 Å². The molecule has 2 aromatic heterocycles. The van der Waals surface area contributed by atoms with E-state index in [1.807, 2.05) is 6.92 Å². The van der Waals surface area contributed by atoms with Crippen molar-refractivity contribution in [1.29, 1.82) is 0 Å². The number of ether oxygens (including phenoxy) is 1. The number of benzene rings is 1. The molecule has 1 N–H and O–H groups in total. The van der Waals surface area contributed by atoms with Crippen LogP contribution in [-0.2, 0) is 15.5 Å². The molecule has 0 atom stereocenters. The van der Waals surface area contributed by atoms with Crippen LogP contribution in [0.4, 0.5) is 0 Å². The fourth-order valence-electron chi connectivity index (χ4n) is 3.89. The van der Waals surface area contributed by atoms with Crippen molar-refractivity contribution in [3.8, 4) is 17.1 Å². The van der Waals surface area contributed by atoms with Gasteiger partial charge in [0.25, 0.3) is 14.6 Å². The number of hydrogen-bond donors (Lipinski definition) is 1. The highest BCUT2D eigenvalue weighted by Crippen LogP contribution is 2.31. The van der Waals surface area contributed by atoms with Gasteiger partial charge in [-0.05, 0) is 38.5 Å². The molecule has 3 rings (SSSR count). The first kappa shape index (κ1) is 25.2. The van der Waals surface area contributed by atoms with Crippen molar-refractivity contribution in [2.75, 3.05) is 6.61 Å². The van der Waals surface area contributed by atoms with E-state index in [0.717, 1.165) is 12.8 Å². The van der Waals surface area contributed by atoms with E-state index in [4.69, 9.17) is 15.4 Å². The second-order valence-electron chi connectivity index (χ2n) is 8.08. The standard InChI is InChI=1S/C23H31ClN4O4S/c1-4-6-7-8-9-10-11-12-20-25-16(3)21-23(29)26-22(27-28(20)21)18-15-17(33(24,30)31)13-14-19(18)32-5-2/h13-15H,4-12H2,1-3H3,(H,26,27,29). The largest absolute Gasteiger partial charge is 0.493 e. The molecule has 2 heterocycles. The molecule has 0 aliphatic carbocycles. The second kappa shape index (κ2) is 11.2. The number of imidazole rings is 1. The number of aromatic nitrogens is 4. The van der Waals surface area contributed by atoms with Gasteiger partial charge in [0, 0.05) is 17.1 Å². The summed E-state index contributed by atoms with van der Waals surface area (Å²) < 4.78 is 30.9. The molecule has 0 aliphatic rings. The molecule has 0 saturated carbocycles. The van der Waals surface area contributed by atoms with E-state index >= 15 is 0 Å². The lowest BCUT2D eigenvalue weighted by atomic mass is 10.1. The predicted molar refractivity (Wildman–Crippen MR) is 130 cm³/mol. The van der Waals surface area contributed by atoms with E-state index in [-0.39, 0.29) is 16.3 Å². The molecule has 3 aromatic rings. The van der Waals surface area contributed by atoms with Gasteiger partial charge in [-0.2, -0.15) is 0 Å². The smallest absolute Gasteiger partial charge is 0.277 e. The van der Waals surface area contributed by atoms with Crippen LogP contribution in [0.3, 0.4) is 0 Å². The fraction of sp³-hybridized carbons (Fsp3) is 0.522. The lowest BCUT2D eigenvalue weighted by molar-refractivity contribution is 0.341. The summed E-state index contributed by atoms with van der Waals surface area (Å²) >= 11 is 0. The number of nitrogens with zero attached hydrogens (tertiary/aromatic N) is 3. The molecule has 0 saturated heterocycles. The fourth-order valence-corrected chi connectivity index (χ4v) is 4.66. The molecule has 0 aliphatic heterocycles. The number of H-pyrrole nitrogens is 1. The van der Waals surface area contributed by atoms with Crippen molar-refractivity contribution in [2.45, 2.75) is 77.0 Å². The number of aromatic amines is 1. The quantitative estimate of drug-likeness (QED) is 0.280. The summed E-state index contributed by atoms with van der Waals surface area (Å²) in [5.41, 5.74) is 0.981. The molecule has 180 valence electrons. The number of hydrogen-bond acceptors (Lipinski definition) is 6. The maximum Gasteiger partial charge on any atom is 0.277 e. The van der Waals surface area contributed by atoms with Gasteiger partial charge >= 0.3 is 0 Å². The minimum Gasteiger partial charge on any atom is -0.493 e. The first-order valence-electron chi connectivity index (χ1n) is 11.5. The Balaban J connectivity index is 1.96. The predicted octanol–water partition coefficient (Wildman–Crippen LogP) is 5.01. The average molecular weight is 495 g/mol. The summed E-state index contributed by atoms with van der Waals surface area (Å²) in [6.45, 7) is 6.17. The third-order valence-corrected chi connectivity index (χ3v) is 6.89. The van der Waals surface area contributed by atoms with E-state index in [1.54, 1.807) is 11.4 Å². The van der Waals surface area contributed by atoms with Gasteiger partial charge in [0.05, 0.1) is 22.8 Å². The van der Waals surface area contributed by atoms with Gasteiger partial charge in [0.2, 0.25) is 0 Å². The average Bonchev–Trinajstić information content (AvgIpc) is 3.08. The SMILES string of the molecule is CCCCCCCCCc1nc(C)c2c(=O)[nH]c(-c3cc(S(=O)(=O)Cl)ccc3OCC)nn12. The van der Waals surface area contributed by atoms with Gasteiger partial charge in [0.15, 0.2) is 11.3 Å². The summed E-state index contributed by atoms with van der Waals surface area (Å²) in [7, 11) is 1.57. The van der Waals surface area contributed by atoms with E-state index in [2.05, 4.69) is 22.0 Å². The topological polar surface area (TPSA) is 106 Å². The number of fused-ring (bicyclic) bond motifs is 1. The summed E-state index contributed by atoms with van der Waals surface area (Å²) in [4.78, 5) is 20.1. The molecule has 0 unspecified atom stereocenters. The molecule has 1 aromatic carbocycles. The second-order valence-corrected chi connectivity index (χ2v) is 10.6. The zero-order valence-corrected chi connectivity index (χ0v) is 20.9. The van der Waals surface area contributed by atoms with Crippen LogP contribution < -0.4 is 10.3 Å². The third-order valence-electron chi connectivity index (χ3n) is 5.53. The van der Waals surface area contributed by atoms with E-state index < -0.39 is 9.05 Å². The van der Waals surface area contributed by atoms with Crippen LogP contribution in [0.15, 0.2) is 27.9 Å². The molecular weight excluding hydrogens is 464 g/mol. The van der Waals surface area contributed by atoms with Gasteiger partial charge in [-0.15, -0.1) is 5.10 Å². The molecule has 0 fully saturated rings. The number of nitrogens with one attached hydrogen (secondary N) is 1. The molecular formula is C23H31ClN4O4S. The van der Waals surface area contributed by atoms with E-state index in [9.17, 15) is 13.2 Å². The Morgan fingerprint density at radius 2 is 1.79 bits per heavy atom. The van der Waals surface area contributed by atoms with Crippen molar-refractivity contribution in [1.82, 2.24) is 19.6 Å². The molecule has 0 bridgehead atoms. The molecule has 0 radical (unpaired) electrons. The van der Waals surface area contributed by atoms with Crippen molar-refractivity contribution < 1.29 is 13.2 Å². The van der Waals surface area contributed by atoms with Crippen LogP contribution in [0, 0.1) is 6.92 Å². The number of unbranched alkanes of at least 4 members (excludes halogenated alkanes) is 6. The molecule has 0 amide bonds. The molecule has 8 nitrogen and oxygen atoms in total. The van der Waals surface area contributed by atoms with Gasteiger partial charge in [-0.3, -0.25) is 4.79 Å². The Hall–Kier alpha value is -2.39. The monoisotopic (exact) mass is 494 g/mol. The Labute approximate surface area is 198 Å². The minimum absolute atomic E-state index is 0.101. The Bertz CT molecular complexity index is 1270. The third kappa shape index (κ3) is 6.14. The van der Waals surface area contributed by atoms with Gasteiger partial charge < -0.3 is 9.72 Å². The van der Waals surface area contributed by atoms with Crippen LogP contribution in [-0.4, -0.2) is 34.6 Å². The van der Waals surface area contributed by atoms with Gasteiger partial charge in [0.1, 0.15) is 11.6 Å². The number of halogens is 1. The van der Waals surface area contributed by atoms with Crippen LogP contribution in [0.25, 0.3) is 16.9 Å². The summed E-state index contributed by atoms with van der Waals surface area (Å²) in [6, 6.07) is 4.23. The van der Waals surface area contributed by atoms with Crippen LogP contribution >= 0.6 is 10.7 Å². The summed E-state index contributed by atoms with van der Waals surface area (Å²) in [6.07, 6.45) is 8.93. The van der Waals surface area contributed by atoms with Crippen LogP contribution in [0.2, 0.25) is 0 Å². The van der Waals surface area contributed by atoms with Gasteiger partial charge in [-0.25, -0.2) is 17.9 Å². The zero-order chi connectivity index (χ0) is 24.0. The maximum absolute atomic E-state index is 12.9. The normalized spacial score (nSPS) is 11.9. The Morgan fingerprint density at radius 3 is 2.45 bits per heavy atom. The van der Waals surface area contributed by atoms with Crippen LogP contribution in [0.5, 0.6) is 5.75 Å².